The summed E-state index contributed by atoms with van der Waals surface area (Å²) in [6.45, 7) is 3.87. The zero-order valence-electron chi connectivity index (χ0n) is 12.4. The van der Waals surface area contributed by atoms with E-state index in [2.05, 4.69) is 5.32 Å². The Bertz CT molecular complexity index is 322. The fourth-order valence-corrected chi connectivity index (χ4v) is 2.46. The monoisotopic (exact) mass is 286 g/mol. The third-order valence-corrected chi connectivity index (χ3v) is 3.71. The maximum atomic E-state index is 12.0. The van der Waals surface area contributed by atoms with Gasteiger partial charge in [0, 0.05) is 26.8 Å². The van der Waals surface area contributed by atoms with Crippen LogP contribution in [0.25, 0.3) is 0 Å². The van der Waals surface area contributed by atoms with E-state index in [0.29, 0.717) is 25.4 Å². The van der Waals surface area contributed by atoms with Gasteiger partial charge in [0.1, 0.15) is 6.04 Å². The number of hydrogen-bond acceptors (Lipinski definition) is 3. The molecule has 0 aromatic carbocycles. The molecule has 2 N–H and O–H groups in total. The number of methoxy groups -OCH3 is 1. The van der Waals surface area contributed by atoms with Gasteiger partial charge in [0.05, 0.1) is 0 Å². The molecule has 0 aliphatic carbocycles. The Hall–Kier alpha value is -1.30. The first-order valence-electron chi connectivity index (χ1n) is 7.32. The first kappa shape index (κ1) is 16.8. The van der Waals surface area contributed by atoms with E-state index >= 15 is 0 Å². The summed E-state index contributed by atoms with van der Waals surface area (Å²) in [5, 5.41) is 12.0. The van der Waals surface area contributed by atoms with E-state index < -0.39 is 12.0 Å². The number of amides is 2. The van der Waals surface area contributed by atoms with Gasteiger partial charge in [0.2, 0.25) is 0 Å². The predicted octanol–water partition coefficient (Wildman–Crippen LogP) is 1.70. The molecule has 0 aromatic rings. The highest BCUT2D eigenvalue weighted by Gasteiger charge is 2.34. The number of carboxylic acids is 1. The smallest absolute Gasteiger partial charge is 0.326 e. The molecule has 1 saturated heterocycles. The van der Waals surface area contributed by atoms with Gasteiger partial charge in [-0.05, 0) is 38.0 Å². The number of carboxylic acid groups (broad SMARTS) is 1. The van der Waals surface area contributed by atoms with Crippen LogP contribution in [0.15, 0.2) is 0 Å². The van der Waals surface area contributed by atoms with Crippen molar-refractivity contribution in [1.29, 1.82) is 0 Å². The molecule has 1 fully saturated rings. The molecule has 116 valence electrons. The maximum absolute atomic E-state index is 12.0. The summed E-state index contributed by atoms with van der Waals surface area (Å²) in [5.41, 5.74) is 0. The fraction of sp³-hybridized carbons (Fsp3) is 0.857. The molecule has 0 bridgehead atoms. The van der Waals surface area contributed by atoms with E-state index in [1.807, 2.05) is 6.92 Å². The topological polar surface area (TPSA) is 78.9 Å². The van der Waals surface area contributed by atoms with Crippen molar-refractivity contribution < 1.29 is 19.4 Å². The minimum Gasteiger partial charge on any atom is -0.480 e. The number of ether oxygens (including phenoxy) is 1. The summed E-state index contributed by atoms with van der Waals surface area (Å²) in [4.78, 5) is 24.7. The second-order valence-corrected chi connectivity index (χ2v) is 5.46. The molecule has 1 aliphatic rings. The number of carbonyl (C=O) groups is 2. The minimum absolute atomic E-state index is 0.254. The molecule has 0 radical (unpaired) electrons. The Morgan fingerprint density at radius 2 is 2.10 bits per heavy atom. The molecular formula is C14H26N2O4. The van der Waals surface area contributed by atoms with Crippen LogP contribution in [0.4, 0.5) is 4.79 Å². The van der Waals surface area contributed by atoms with Crippen LogP contribution in [-0.2, 0) is 9.53 Å². The van der Waals surface area contributed by atoms with Crippen molar-refractivity contribution in [2.24, 2.45) is 5.92 Å². The van der Waals surface area contributed by atoms with Crippen LogP contribution in [0.5, 0.6) is 0 Å². The first-order valence-corrected chi connectivity index (χ1v) is 7.32. The highest BCUT2D eigenvalue weighted by atomic mass is 16.5. The molecule has 1 rings (SSSR count). The molecule has 20 heavy (non-hydrogen) atoms. The van der Waals surface area contributed by atoms with Crippen molar-refractivity contribution in [1.82, 2.24) is 10.2 Å². The Kier molecular flexibility index (Phi) is 7.36. The standard InChI is InChI=1S/C14H26N2O4/c1-11-6-8-16(12(10-11)13(17)18)14(19)15-7-4-3-5-9-20-2/h11-12H,3-10H2,1-2H3,(H,15,19)(H,17,18). The molecular weight excluding hydrogens is 260 g/mol. The van der Waals surface area contributed by atoms with E-state index in [1.54, 1.807) is 7.11 Å². The van der Waals surface area contributed by atoms with E-state index in [-0.39, 0.29) is 6.03 Å². The highest BCUT2D eigenvalue weighted by Crippen LogP contribution is 2.22. The normalized spacial score (nSPS) is 22.6. The Morgan fingerprint density at radius 3 is 2.75 bits per heavy atom. The lowest BCUT2D eigenvalue weighted by Gasteiger charge is -2.35. The van der Waals surface area contributed by atoms with E-state index in [0.717, 1.165) is 32.3 Å². The highest BCUT2D eigenvalue weighted by molar-refractivity contribution is 5.82. The lowest BCUT2D eigenvalue weighted by atomic mass is 9.93. The minimum atomic E-state index is -0.910. The van der Waals surface area contributed by atoms with Gasteiger partial charge in [-0.25, -0.2) is 9.59 Å². The fourth-order valence-electron chi connectivity index (χ4n) is 2.46. The molecule has 6 nitrogen and oxygen atoms in total. The zero-order valence-corrected chi connectivity index (χ0v) is 12.4. The van der Waals surface area contributed by atoms with Crippen molar-refractivity contribution >= 4 is 12.0 Å². The van der Waals surface area contributed by atoms with Crippen molar-refractivity contribution in [2.75, 3.05) is 26.8 Å². The van der Waals surface area contributed by atoms with Crippen LogP contribution in [0, 0.1) is 5.92 Å². The van der Waals surface area contributed by atoms with Gasteiger partial charge >= 0.3 is 12.0 Å². The van der Waals surface area contributed by atoms with Crippen LogP contribution < -0.4 is 5.32 Å². The van der Waals surface area contributed by atoms with Gasteiger partial charge < -0.3 is 20.1 Å². The summed E-state index contributed by atoms with van der Waals surface area (Å²) in [5.74, 6) is -0.555. The van der Waals surface area contributed by atoms with Gasteiger partial charge in [-0.2, -0.15) is 0 Å². The van der Waals surface area contributed by atoms with Crippen LogP contribution in [-0.4, -0.2) is 54.9 Å². The number of nitrogens with zero attached hydrogens (tertiary/aromatic N) is 1. The molecule has 2 atom stereocenters. The van der Waals surface area contributed by atoms with Gasteiger partial charge in [0.15, 0.2) is 0 Å². The van der Waals surface area contributed by atoms with E-state index in [9.17, 15) is 14.7 Å². The molecule has 1 heterocycles. The molecule has 0 spiro atoms. The number of piperidine rings is 1. The molecule has 0 saturated carbocycles. The number of carbonyl (C=O) groups excluding carboxylic acids is 1. The molecule has 1 aliphatic heterocycles. The van der Waals surface area contributed by atoms with Gasteiger partial charge in [-0.15, -0.1) is 0 Å². The molecule has 6 heteroatoms. The summed E-state index contributed by atoms with van der Waals surface area (Å²) in [6.07, 6.45) is 4.26. The lowest BCUT2D eigenvalue weighted by Crippen LogP contribution is -2.53. The zero-order chi connectivity index (χ0) is 15.0. The number of likely N-dealkylation sites (tertiary alicyclic amines) is 1. The average molecular weight is 286 g/mol. The van der Waals surface area contributed by atoms with Gasteiger partial charge in [0.25, 0.3) is 0 Å². The van der Waals surface area contributed by atoms with Crippen molar-refractivity contribution in [3.63, 3.8) is 0 Å². The van der Waals surface area contributed by atoms with Crippen LogP contribution in [0.1, 0.15) is 39.0 Å². The van der Waals surface area contributed by atoms with Crippen molar-refractivity contribution in [2.45, 2.75) is 45.1 Å². The van der Waals surface area contributed by atoms with E-state index in [4.69, 9.17) is 4.74 Å². The Labute approximate surface area is 120 Å². The summed E-state index contributed by atoms with van der Waals surface area (Å²) < 4.78 is 4.95. The number of unbranched alkanes of at least 4 members (excludes halogenated alkanes) is 2. The summed E-state index contributed by atoms with van der Waals surface area (Å²) >= 11 is 0. The van der Waals surface area contributed by atoms with Crippen molar-refractivity contribution in [3.8, 4) is 0 Å². The quantitative estimate of drug-likeness (QED) is 0.698. The maximum Gasteiger partial charge on any atom is 0.326 e. The molecule has 2 unspecified atom stereocenters. The van der Waals surface area contributed by atoms with E-state index in [1.165, 1.54) is 4.90 Å². The Morgan fingerprint density at radius 1 is 1.35 bits per heavy atom. The number of aliphatic carboxylic acids is 1. The molecule has 2 amide bonds. The Balaban J connectivity index is 2.31. The second kappa shape index (κ2) is 8.79. The second-order valence-electron chi connectivity index (χ2n) is 5.46. The number of nitrogens with one attached hydrogen (secondary N) is 1. The SMILES string of the molecule is COCCCCCNC(=O)N1CCC(C)CC1C(=O)O. The molecule has 0 aromatic heterocycles. The van der Waals surface area contributed by atoms with Crippen LogP contribution in [0.2, 0.25) is 0 Å². The summed E-state index contributed by atoms with van der Waals surface area (Å²) in [6, 6.07) is -0.941. The lowest BCUT2D eigenvalue weighted by molar-refractivity contribution is -0.143. The summed E-state index contributed by atoms with van der Waals surface area (Å²) in [7, 11) is 1.67. The van der Waals surface area contributed by atoms with Crippen molar-refractivity contribution in [3.05, 3.63) is 0 Å². The predicted molar refractivity (Wildman–Crippen MR) is 75.7 cm³/mol. The largest absolute Gasteiger partial charge is 0.480 e. The van der Waals surface area contributed by atoms with Crippen LogP contribution >= 0.6 is 0 Å². The number of hydrogen-bond donors (Lipinski definition) is 2. The van der Waals surface area contributed by atoms with Crippen LogP contribution in [0.3, 0.4) is 0 Å². The van der Waals surface area contributed by atoms with Gasteiger partial charge in [-0.3, -0.25) is 0 Å². The van der Waals surface area contributed by atoms with Gasteiger partial charge in [-0.1, -0.05) is 6.92 Å². The average Bonchev–Trinajstić information content (AvgIpc) is 2.42. The third-order valence-electron chi connectivity index (χ3n) is 3.71. The number of rotatable bonds is 7. The third kappa shape index (κ3) is 5.36. The number of urea groups is 1. The first-order chi connectivity index (χ1) is 9.56.